The maximum Gasteiger partial charge on any atom is 0.326 e. The van der Waals surface area contributed by atoms with E-state index in [-0.39, 0.29) is 18.4 Å². The molecular weight excluding hydrogens is 332 g/mol. The van der Waals surface area contributed by atoms with E-state index in [4.69, 9.17) is 10.5 Å². The highest BCUT2D eigenvalue weighted by molar-refractivity contribution is 5.97. The Kier molecular flexibility index (Phi) is 5.93. The van der Waals surface area contributed by atoms with Gasteiger partial charge in [-0.3, -0.25) is 9.69 Å². The fourth-order valence-corrected chi connectivity index (χ4v) is 2.78. The van der Waals surface area contributed by atoms with Crippen LogP contribution >= 0.6 is 0 Å². The van der Waals surface area contributed by atoms with Gasteiger partial charge in [0.05, 0.1) is 26.3 Å². The molecule has 0 aliphatic carbocycles. The highest BCUT2D eigenvalue weighted by atomic mass is 16.5. The maximum atomic E-state index is 13.0. The Balaban J connectivity index is 1.81. The van der Waals surface area contributed by atoms with Gasteiger partial charge in [-0.2, -0.15) is 0 Å². The number of ketones is 1. The minimum atomic E-state index is -0.109. The van der Waals surface area contributed by atoms with Crippen LogP contribution in [-0.2, 0) is 11.3 Å². The van der Waals surface area contributed by atoms with E-state index in [2.05, 4.69) is 4.98 Å². The van der Waals surface area contributed by atoms with Crippen LogP contribution < -0.4 is 10.6 Å². The van der Waals surface area contributed by atoms with E-state index < -0.39 is 0 Å². The van der Waals surface area contributed by atoms with Crippen LogP contribution in [0.1, 0.15) is 15.9 Å². The van der Waals surface area contributed by atoms with Crippen molar-refractivity contribution in [2.24, 2.45) is 5.73 Å². The van der Waals surface area contributed by atoms with Crippen molar-refractivity contribution in [1.82, 2.24) is 9.88 Å². The average molecular weight is 354 g/mol. The molecule has 1 aliphatic heterocycles. The van der Waals surface area contributed by atoms with Crippen LogP contribution in [0.15, 0.2) is 48.7 Å². The number of ether oxygens (including phenoxy) is 1. The highest BCUT2D eigenvalue weighted by Crippen LogP contribution is 2.18. The van der Waals surface area contributed by atoms with Gasteiger partial charge in [-0.05, 0) is 17.7 Å². The molecule has 0 bridgehead atoms. The summed E-state index contributed by atoms with van der Waals surface area (Å²) in [7, 11) is 0. The van der Waals surface area contributed by atoms with Gasteiger partial charge in [0.1, 0.15) is 5.82 Å². The first-order valence-electron chi connectivity index (χ1n) is 8.56. The summed E-state index contributed by atoms with van der Waals surface area (Å²) in [4.78, 5) is 32.4. The van der Waals surface area contributed by atoms with Gasteiger partial charge in [0.2, 0.25) is 0 Å². The molecule has 2 N–H and O–H groups in total. The zero-order valence-electron chi connectivity index (χ0n) is 14.5. The van der Waals surface area contributed by atoms with Crippen LogP contribution in [0, 0.1) is 0 Å². The molecule has 2 aromatic rings. The van der Waals surface area contributed by atoms with Crippen molar-refractivity contribution in [1.29, 1.82) is 0 Å². The number of Topliss-reactive ketones (excluding diaryl/α,β-unsaturated/α-hetero) is 1. The van der Waals surface area contributed by atoms with Gasteiger partial charge in [0.25, 0.3) is 0 Å². The van der Waals surface area contributed by atoms with Gasteiger partial charge in [0.15, 0.2) is 5.78 Å². The molecule has 1 aromatic carbocycles. The van der Waals surface area contributed by atoms with Gasteiger partial charge in [0, 0.05) is 24.8 Å². The number of benzene rings is 1. The third kappa shape index (κ3) is 4.25. The number of aromatic nitrogens is 1. The molecule has 0 atom stereocenters. The van der Waals surface area contributed by atoms with E-state index >= 15 is 0 Å². The molecule has 1 fully saturated rings. The van der Waals surface area contributed by atoms with Crippen LogP contribution in [-0.4, -0.2) is 54.5 Å². The number of carbonyl (C=O) groups is 2. The Morgan fingerprint density at radius 1 is 1.12 bits per heavy atom. The smallest absolute Gasteiger partial charge is 0.326 e. The predicted molar refractivity (Wildman–Crippen MR) is 98.0 cm³/mol. The minimum absolute atomic E-state index is 0.0189. The summed E-state index contributed by atoms with van der Waals surface area (Å²) < 4.78 is 5.33. The standard InChI is InChI=1S/C19H22N4O3/c20-13-17(24)16-6-4-15(5-7-16)14-23(18-3-1-2-8-21-18)19(25)22-9-11-26-12-10-22/h1-8H,9-14,20H2. The molecule has 3 rings (SSSR count). The molecule has 0 radical (unpaired) electrons. The first-order chi connectivity index (χ1) is 12.7. The summed E-state index contributed by atoms with van der Waals surface area (Å²) in [5.41, 5.74) is 6.87. The van der Waals surface area contributed by atoms with Crippen LogP contribution in [0.2, 0.25) is 0 Å². The second-order valence-corrected chi connectivity index (χ2v) is 5.98. The zero-order valence-corrected chi connectivity index (χ0v) is 14.5. The number of hydrogen-bond donors (Lipinski definition) is 1. The summed E-state index contributed by atoms with van der Waals surface area (Å²) in [6.07, 6.45) is 1.66. The number of urea groups is 1. The number of rotatable bonds is 5. The number of amides is 2. The zero-order chi connectivity index (χ0) is 18.4. The lowest BCUT2D eigenvalue weighted by molar-refractivity contribution is 0.0547. The fourth-order valence-electron chi connectivity index (χ4n) is 2.78. The van der Waals surface area contributed by atoms with E-state index in [0.29, 0.717) is 44.2 Å². The van der Waals surface area contributed by atoms with E-state index in [9.17, 15) is 9.59 Å². The number of pyridine rings is 1. The van der Waals surface area contributed by atoms with Crippen molar-refractivity contribution in [2.75, 3.05) is 37.7 Å². The van der Waals surface area contributed by atoms with Gasteiger partial charge in [-0.15, -0.1) is 0 Å². The summed E-state index contributed by atoms with van der Waals surface area (Å²) in [6, 6.07) is 12.5. The Morgan fingerprint density at radius 3 is 2.46 bits per heavy atom. The van der Waals surface area contributed by atoms with Crippen molar-refractivity contribution in [3.05, 3.63) is 59.8 Å². The number of nitrogens with zero attached hydrogens (tertiary/aromatic N) is 3. The minimum Gasteiger partial charge on any atom is -0.378 e. The Hall–Kier alpha value is -2.77. The fraction of sp³-hybridized carbons (Fsp3) is 0.316. The molecule has 7 nitrogen and oxygen atoms in total. The predicted octanol–water partition coefficient (Wildman–Crippen LogP) is 1.68. The number of morpholine rings is 1. The van der Waals surface area contributed by atoms with Crippen LogP contribution in [0.4, 0.5) is 10.6 Å². The molecule has 26 heavy (non-hydrogen) atoms. The molecule has 0 saturated carbocycles. The highest BCUT2D eigenvalue weighted by Gasteiger charge is 2.25. The van der Waals surface area contributed by atoms with Gasteiger partial charge in [-0.25, -0.2) is 9.78 Å². The largest absolute Gasteiger partial charge is 0.378 e. The first kappa shape index (κ1) is 18.0. The molecule has 2 amide bonds. The van der Waals surface area contributed by atoms with Crippen molar-refractivity contribution < 1.29 is 14.3 Å². The lowest BCUT2D eigenvalue weighted by Crippen LogP contribution is -2.48. The average Bonchev–Trinajstić information content (AvgIpc) is 2.72. The molecule has 1 aliphatic rings. The summed E-state index contributed by atoms with van der Waals surface area (Å²) in [6.45, 7) is 2.55. The number of carbonyl (C=O) groups excluding carboxylic acids is 2. The number of anilines is 1. The molecule has 1 aromatic heterocycles. The van der Waals surface area contributed by atoms with Crippen molar-refractivity contribution in [3.8, 4) is 0 Å². The van der Waals surface area contributed by atoms with E-state index in [1.54, 1.807) is 28.1 Å². The molecule has 2 heterocycles. The molecular formula is C19H22N4O3. The molecule has 0 unspecified atom stereocenters. The number of hydrogen-bond acceptors (Lipinski definition) is 5. The van der Waals surface area contributed by atoms with Crippen LogP contribution in [0.5, 0.6) is 0 Å². The van der Waals surface area contributed by atoms with Crippen molar-refractivity contribution in [2.45, 2.75) is 6.54 Å². The van der Waals surface area contributed by atoms with Gasteiger partial charge >= 0.3 is 6.03 Å². The maximum absolute atomic E-state index is 13.0. The topological polar surface area (TPSA) is 88.8 Å². The van der Waals surface area contributed by atoms with Gasteiger partial charge in [-0.1, -0.05) is 30.3 Å². The van der Waals surface area contributed by atoms with E-state index in [1.165, 1.54) is 0 Å². The summed E-state index contributed by atoms with van der Waals surface area (Å²) in [5.74, 6) is 0.480. The molecule has 0 spiro atoms. The van der Waals surface area contributed by atoms with Crippen LogP contribution in [0.25, 0.3) is 0 Å². The van der Waals surface area contributed by atoms with Gasteiger partial charge < -0.3 is 15.4 Å². The Morgan fingerprint density at radius 2 is 1.85 bits per heavy atom. The second kappa shape index (κ2) is 8.55. The lowest BCUT2D eigenvalue weighted by Gasteiger charge is -2.32. The summed E-state index contributed by atoms with van der Waals surface area (Å²) >= 11 is 0. The van der Waals surface area contributed by atoms with Crippen molar-refractivity contribution in [3.63, 3.8) is 0 Å². The summed E-state index contributed by atoms with van der Waals surface area (Å²) in [5, 5.41) is 0. The van der Waals surface area contributed by atoms with Crippen molar-refractivity contribution >= 4 is 17.6 Å². The number of nitrogens with two attached hydrogens (primary N) is 1. The molecule has 136 valence electrons. The normalized spacial score (nSPS) is 14.1. The lowest BCUT2D eigenvalue weighted by atomic mass is 10.1. The van der Waals surface area contributed by atoms with E-state index in [1.807, 2.05) is 30.3 Å². The third-order valence-electron chi connectivity index (χ3n) is 4.24. The Labute approximate surface area is 152 Å². The molecule has 1 saturated heterocycles. The van der Waals surface area contributed by atoms with Crippen LogP contribution in [0.3, 0.4) is 0 Å². The molecule has 7 heteroatoms. The SMILES string of the molecule is NCC(=O)c1ccc(CN(C(=O)N2CCOCC2)c2ccccn2)cc1. The van der Waals surface area contributed by atoms with E-state index in [0.717, 1.165) is 5.56 Å². The second-order valence-electron chi connectivity index (χ2n) is 5.98. The quantitative estimate of drug-likeness (QED) is 0.825. The first-order valence-corrected chi connectivity index (χ1v) is 8.56. The monoisotopic (exact) mass is 354 g/mol. The third-order valence-corrected chi connectivity index (χ3v) is 4.24. The Bertz CT molecular complexity index is 743.